The maximum absolute atomic E-state index is 13.4. The van der Waals surface area contributed by atoms with Gasteiger partial charge in [-0.2, -0.15) is 26.3 Å². The van der Waals surface area contributed by atoms with Crippen molar-refractivity contribution in [3.05, 3.63) is 107 Å². The first-order valence-electron chi connectivity index (χ1n) is 11.8. The van der Waals surface area contributed by atoms with Crippen molar-refractivity contribution < 1.29 is 114 Å². The van der Waals surface area contributed by atoms with Gasteiger partial charge in [0.15, 0.2) is 0 Å². The monoisotopic (exact) mass is 1000 g/mol. The van der Waals surface area contributed by atoms with Crippen molar-refractivity contribution in [2.45, 2.75) is 12.4 Å². The molecule has 0 aliphatic carbocycles. The molecule has 2 nitrogen and oxygen atoms in total. The van der Waals surface area contributed by atoms with Crippen LogP contribution in [-0.2, 0) is 32.5 Å². The largest absolute Gasteiger partial charge is 0.417 e. The average Bonchev–Trinajstić information content (AvgIpc) is 2.87. The maximum Gasteiger partial charge on any atom is 0.417 e. The molecule has 27 heteroatoms. The Hall–Kier alpha value is -3.29. The Labute approximate surface area is 282 Å². The average molecular weight is 1000 g/mol. The van der Waals surface area contributed by atoms with E-state index in [1.54, 1.807) is 0 Å². The fourth-order valence-corrected chi connectivity index (χ4v) is 2.83. The zero-order valence-electron chi connectivity index (χ0n) is 23.4. The second kappa shape index (κ2) is 14.3. The predicted octanol–water partition coefficient (Wildman–Crippen LogP) is 14.9. The summed E-state index contributed by atoms with van der Waals surface area (Å²) in [7, 11) is -21.3. The minimum Gasteiger partial charge on any atom is -0.256 e. The molecule has 0 unspecified atom stereocenters. The maximum atomic E-state index is 13.4. The molecule has 0 saturated carbocycles. The molecule has 0 spiro atoms. The zero-order valence-corrected chi connectivity index (χ0v) is 27.5. The van der Waals surface area contributed by atoms with E-state index in [0.29, 0.717) is 12.4 Å². The van der Waals surface area contributed by atoms with Crippen LogP contribution in [0.1, 0.15) is 11.1 Å². The van der Waals surface area contributed by atoms with Crippen LogP contribution in [0.2, 0.25) is 0 Å². The molecule has 0 fully saturated rings. The van der Waals surface area contributed by atoms with Gasteiger partial charge in [-0.05, 0) is 60.7 Å². The molecular weight excluding hydrogens is 988 g/mol. The van der Waals surface area contributed by atoms with Crippen molar-refractivity contribution in [1.82, 2.24) is 9.97 Å². The number of halogens is 22. The first-order chi connectivity index (χ1) is 21.7. The fraction of sp³-hybridized carbons (Fsp3) is 0.0833. The number of rotatable bonds is 2. The molecule has 0 saturated heterocycles. The van der Waals surface area contributed by atoms with Crippen molar-refractivity contribution in [3.8, 4) is 22.5 Å². The second-order valence-electron chi connectivity index (χ2n) is 9.02. The Bertz CT molecular complexity index is 1610. The molecule has 4 rings (SSSR count). The minimum atomic E-state index is -10.7. The third kappa shape index (κ3) is 23.7. The van der Waals surface area contributed by atoms with E-state index in [-0.39, 0.29) is 42.6 Å². The van der Waals surface area contributed by atoms with E-state index in [9.17, 15) is 94.3 Å². The Balaban J connectivity index is 0.000000712. The summed E-state index contributed by atoms with van der Waals surface area (Å²) in [5, 5.41) is 0. The summed E-state index contributed by atoms with van der Waals surface area (Å²) < 4.78 is 245. The molecule has 0 amide bonds. The van der Waals surface area contributed by atoms with Gasteiger partial charge >= 0.3 is 78.3 Å². The van der Waals surface area contributed by atoms with E-state index in [4.69, 9.17) is 0 Å². The van der Waals surface area contributed by atoms with Gasteiger partial charge < -0.3 is 0 Å². The van der Waals surface area contributed by atoms with Crippen molar-refractivity contribution in [1.29, 1.82) is 0 Å². The summed E-state index contributed by atoms with van der Waals surface area (Å²) in [5.41, 5.74) is -2.35. The molecule has 1 radical (unpaired) electrons. The summed E-state index contributed by atoms with van der Waals surface area (Å²) in [5.74, 6) is -2.87. The van der Waals surface area contributed by atoms with Gasteiger partial charge in [-0.15, -0.1) is 0 Å². The Morgan fingerprint density at radius 3 is 0.863 bits per heavy atom. The molecule has 293 valence electrons. The molecule has 2 heterocycles. The van der Waals surface area contributed by atoms with Crippen LogP contribution in [0.25, 0.3) is 22.5 Å². The quantitative estimate of drug-likeness (QED) is 0.148. The van der Waals surface area contributed by atoms with Gasteiger partial charge in [0.1, 0.15) is 23.3 Å². The summed E-state index contributed by atoms with van der Waals surface area (Å²) in [4.78, 5) is 6.98. The van der Waals surface area contributed by atoms with Crippen LogP contribution in [0.15, 0.2) is 73.1 Å². The number of aromatic nitrogens is 2. The van der Waals surface area contributed by atoms with Crippen molar-refractivity contribution in [2.24, 2.45) is 0 Å². The molecule has 0 aliphatic rings. The normalized spacial score (nSPS) is 14.5. The van der Waals surface area contributed by atoms with E-state index < -0.39 is 62.4 Å². The Kier molecular flexibility index (Phi) is 13.3. The molecule has 0 N–H and O–H groups in total. The smallest absolute Gasteiger partial charge is 0.256 e. The van der Waals surface area contributed by atoms with Crippen LogP contribution in [0.5, 0.6) is 0 Å². The standard InChI is InChI=1S/2C12H6F5N.2F6P.Ir/c2*13-8-2-3-10(14)9(5-8)11-4-1-7(6-18-11)12(15,16)17;2*1-7(2,3,4,5)6;/h2*1-6H;;;/q;;2*-1;. The molecule has 0 atom stereocenters. The van der Waals surface area contributed by atoms with Gasteiger partial charge in [0.2, 0.25) is 0 Å². The third-order valence-electron chi connectivity index (χ3n) is 4.59. The van der Waals surface area contributed by atoms with Crippen LogP contribution in [0.4, 0.5) is 94.3 Å². The molecule has 2 aromatic carbocycles. The van der Waals surface area contributed by atoms with Crippen molar-refractivity contribution >= 4 is 15.6 Å². The summed E-state index contributed by atoms with van der Waals surface area (Å²) >= 11 is 0. The summed E-state index contributed by atoms with van der Waals surface area (Å²) in [6.45, 7) is 0. The number of benzene rings is 2. The van der Waals surface area contributed by atoms with Crippen molar-refractivity contribution in [3.63, 3.8) is 0 Å². The number of alkyl halides is 6. The van der Waals surface area contributed by atoms with E-state index in [0.717, 1.165) is 60.7 Å². The Morgan fingerprint density at radius 1 is 0.412 bits per heavy atom. The van der Waals surface area contributed by atoms with E-state index in [2.05, 4.69) is 9.97 Å². The van der Waals surface area contributed by atoms with Crippen LogP contribution < -0.4 is 0 Å². The topological polar surface area (TPSA) is 25.8 Å². The third-order valence-corrected chi connectivity index (χ3v) is 4.59. The second-order valence-corrected chi connectivity index (χ2v) is 12.9. The number of pyridine rings is 2. The first-order valence-corrected chi connectivity index (χ1v) is 15.8. The molecule has 0 bridgehead atoms. The van der Waals surface area contributed by atoms with E-state index >= 15 is 0 Å². The number of hydrogen-bond donors (Lipinski definition) is 0. The van der Waals surface area contributed by atoms with Gasteiger partial charge in [0.05, 0.1) is 22.5 Å². The molecular formula is C24H12F22IrN2P2-2. The van der Waals surface area contributed by atoms with Gasteiger partial charge in [-0.3, -0.25) is 9.97 Å². The predicted molar refractivity (Wildman–Crippen MR) is 136 cm³/mol. The molecule has 2 aromatic heterocycles. The van der Waals surface area contributed by atoms with Crippen molar-refractivity contribution in [2.75, 3.05) is 0 Å². The van der Waals surface area contributed by atoms with Crippen LogP contribution >= 0.6 is 15.6 Å². The van der Waals surface area contributed by atoms with E-state index in [1.165, 1.54) is 0 Å². The minimum absolute atomic E-state index is 0. The zero-order chi connectivity index (χ0) is 39.5. The number of nitrogens with zero attached hydrogens (tertiary/aromatic N) is 2. The number of hydrogen-bond acceptors (Lipinski definition) is 2. The van der Waals surface area contributed by atoms with Gasteiger partial charge in [-0.25, -0.2) is 17.6 Å². The Morgan fingerprint density at radius 2 is 0.667 bits per heavy atom. The van der Waals surface area contributed by atoms with Crippen LogP contribution in [0.3, 0.4) is 0 Å². The van der Waals surface area contributed by atoms with Gasteiger partial charge in [-0.1, -0.05) is 0 Å². The van der Waals surface area contributed by atoms with Crippen LogP contribution in [-0.4, -0.2) is 9.97 Å². The fourth-order valence-electron chi connectivity index (χ4n) is 2.83. The van der Waals surface area contributed by atoms with Gasteiger partial charge in [0.25, 0.3) is 0 Å². The first kappa shape index (κ1) is 47.7. The van der Waals surface area contributed by atoms with Gasteiger partial charge in [0, 0.05) is 43.6 Å². The SMILES string of the molecule is F[P-](F)(F)(F)(F)F.F[P-](F)(F)(F)(F)F.Fc1ccc(F)c(-c2ccc(C(F)(F)F)cn2)c1.Fc1ccc(F)c(-c2ccc(C(F)(F)F)cn2)c1.[Ir]. The molecule has 4 aromatic rings. The molecule has 0 aliphatic heterocycles. The van der Waals surface area contributed by atoms with Crippen LogP contribution in [0, 0.1) is 23.3 Å². The summed E-state index contributed by atoms with van der Waals surface area (Å²) in [6, 6.07) is 8.93. The molecule has 51 heavy (non-hydrogen) atoms. The van der Waals surface area contributed by atoms with E-state index in [1.807, 2.05) is 0 Å². The summed E-state index contributed by atoms with van der Waals surface area (Å²) in [6.07, 6.45) is -7.85.